The molecule has 0 spiro atoms. The SMILES string of the molecule is [CH2]OC([O])=O. The molecule has 28 valence electrons. The molecule has 0 aromatic heterocycles. The lowest BCUT2D eigenvalue weighted by molar-refractivity contribution is 0.0992. The van der Waals surface area contributed by atoms with Gasteiger partial charge in [0.05, 0.1) is 0 Å². The summed E-state index contributed by atoms with van der Waals surface area (Å²) in [6.07, 6.45) is -1.61. The van der Waals surface area contributed by atoms with Crippen LogP contribution in [0.4, 0.5) is 4.79 Å². The zero-order chi connectivity index (χ0) is 4.28. The zero-order valence-corrected chi connectivity index (χ0v) is 2.43. The second-order valence-corrected chi connectivity index (χ2v) is 0.394. The van der Waals surface area contributed by atoms with Crippen LogP contribution in [0.15, 0.2) is 0 Å². The Hall–Kier alpha value is -0.730. The van der Waals surface area contributed by atoms with Crippen molar-refractivity contribution < 1.29 is 14.6 Å². The molecule has 0 rings (SSSR count). The van der Waals surface area contributed by atoms with Crippen LogP contribution in [0.25, 0.3) is 0 Å². The van der Waals surface area contributed by atoms with E-state index in [0.717, 1.165) is 0 Å². The van der Waals surface area contributed by atoms with Gasteiger partial charge in [-0.15, -0.1) is 0 Å². The molecule has 0 amide bonds. The first-order valence-corrected chi connectivity index (χ1v) is 0.901. The smallest absolute Gasteiger partial charge is 0.428 e. The predicted octanol–water partition coefficient (Wildman–Crippen LogP) is 0.345. The first-order valence-electron chi connectivity index (χ1n) is 0.901. The largest absolute Gasteiger partial charge is 0.550 e. The Balaban J connectivity index is 2.85. The molecule has 0 saturated carbocycles. The van der Waals surface area contributed by atoms with Crippen LogP contribution < -0.4 is 0 Å². The Morgan fingerprint density at radius 3 is 2.00 bits per heavy atom. The third-order valence-electron chi connectivity index (χ3n) is 0.118. The van der Waals surface area contributed by atoms with Gasteiger partial charge >= 0.3 is 6.16 Å². The molecular formula is C2H2O3. The van der Waals surface area contributed by atoms with Crippen molar-refractivity contribution >= 4 is 6.16 Å². The number of hydrogen-bond donors (Lipinski definition) is 0. The molecule has 0 aromatic rings. The van der Waals surface area contributed by atoms with E-state index in [1.807, 2.05) is 0 Å². The summed E-state index contributed by atoms with van der Waals surface area (Å²) in [6, 6.07) is 0. The molecule has 0 aliphatic rings. The summed E-state index contributed by atoms with van der Waals surface area (Å²) in [5, 5.41) is 8.97. The molecule has 0 N–H and O–H groups in total. The van der Waals surface area contributed by atoms with Gasteiger partial charge in [0.15, 0.2) is 0 Å². The van der Waals surface area contributed by atoms with Gasteiger partial charge in [-0.3, -0.25) is 0 Å². The van der Waals surface area contributed by atoms with Gasteiger partial charge < -0.3 is 4.74 Å². The number of carbonyl (C=O) groups excluding carboxylic acids is 1. The fourth-order valence-electron chi connectivity index (χ4n) is 0. The normalized spacial score (nSPS) is 6.60. The average Bonchev–Trinajstić information content (AvgIpc) is 1.38. The van der Waals surface area contributed by atoms with Gasteiger partial charge in [-0.25, -0.2) is 0 Å². The third kappa shape index (κ3) is 3.27. The highest BCUT2D eigenvalue weighted by molar-refractivity contribution is 5.56. The summed E-state index contributed by atoms with van der Waals surface area (Å²) in [4.78, 5) is 8.97. The molecule has 0 aliphatic carbocycles. The Morgan fingerprint density at radius 2 is 2.00 bits per heavy atom. The molecule has 0 saturated heterocycles. The van der Waals surface area contributed by atoms with Crippen molar-refractivity contribution in [2.24, 2.45) is 0 Å². The highest BCUT2D eigenvalue weighted by atomic mass is 16.6. The van der Waals surface area contributed by atoms with E-state index in [9.17, 15) is 0 Å². The van der Waals surface area contributed by atoms with Gasteiger partial charge in [0.1, 0.15) is 7.11 Å². The molecule has 2 radical (unpaired) electrons. The second-order valence-electron chi connectivity index (χ2n) is 0.394. The van der Waals surface area contributed by atoms with Gasteiger partial charge in [0.25, 0.3) is 0 Å². The molecule has 0 atom stereocenters. The van der Waals surface area contributed by atoms with E-state index in [2.05, 4.69) is 11.8 Å². The minimum absolute atomic E-state index is 1.61. The lowest BCUT2D eigenvalue weighted by Crippen LogP contribution is -1.85. The van der Waals surface area contributed by atoms with Gasteiger partial charge in [0.2, 0.25) is 0 Å². The van der Waals surface area contributed by atoms with Crippen molar-refractivity contribution in [1.82, 2.24) is 0 Å². The van der Waals surface area contributed by atoms with Crippen LogP contribution in [0, 0.1) is 7.11 Å². The molecule has 0 bridgehead atoms. The first kappa shape index (κ1) is 4.27. The van der Waals surface area contributed by atoms with Crippen LogP contribution in [0.5, 0.6) is 0 Å². The monoisotopic (exact) mass is 74.0 g/mol. The van der Waals surface area contributed by atoms with Crippen molar-refractivity contribution in [2.45, 2.75) is 0 Å². The summed E-state index contributed by atoms with van der Waals surface area (Å²) < 4.78 is 3.31. The Bertz CT molecular complexity index is 40.2. The molecule has 0 aliphatic heterocycles. The quantitative estimate of drug-likeness (QED) is 0.389. The van der Waals surface area contributed by atoms with Crippen LogP contribution in [-0.4, -0.2) is 6.16 Å². The zero-order valence-electron chi connectivity index (χ0n) is 2.43. The minimum atomic E-state index is -1.61. The molecule has 0 heterocycles. The number of carbonyl (C=O) groups is 1. The molecule has 0 unspecified atom stereocenters. The molecule has 0 aromatic carbocycles. The van der Waals surface area contributed by atoms with Crippen LogP contribution in [0.3, 0.4) is 0 Å². The van der Waals surface area contributed by atoms with Crippen LogP contribution in [0.1, 0.15) is 0 Å². The van der Waals surface area contributed by atoms with Crippen molar-refractivity contribution in [3.05, 3.63) is 7.11 Å². The van der Waals surface area contributed by atoms with Gasteiger partial charge in [-0.1, -0.05) is 0 Å². The maximum absolute atomic E-state index is 8.97. The molecule has 0 fully saturated rings. The van der Waals surface area contributed by atoms with Crippen molar-refractivity contribution in [2.75, 3.05) is 0 Å². The third-order valence-corrected chi connectivity index (χ3v) is 0.118. The van der Waals surface area contributed by atoms with E-state index >= 15 is 0 Å². The van der Waals surface area contributed by atoms with Crippen molar-refractivity contribution in [1.29, 1.82) is 0 Å². The maximum Gasteiger partial charge on any atom is 0.550 e. The summed E-state index contributed by atoms with van der Waals surface area (Å²) in [7, 11) is 2.52. The predicted molar refractivity (Wildman–Crippen MR) is 12.5 cm³/mol. The standard InChI is InChI=1S/C2H2O3/c1-5-2(3)4/h1H2. The molecule has 5 heavy (non-hydrogen) atoms. The first-order chi connectivity index (χ1) is 2.27. The van der Waals surface area contributed by atoms with E-state index in [-0.39, 0.29) is 0 Å². The van der Waals surface area contributed by atoms with Gasteiger partial charge in [-0.05, 0) is 0 Å². The van der Waals surface area contributed by atoms with E-state index in [1.54, 1.807) is 0 Å². The second kappa shape index (κ2) is 1.58. The van der Waals surface area contributed by atoms with Gasteiger partial charge in [0, 0.05) is 0 Å². The highest BCUT2D eigenvalue weighted by Crippen LogP contribution is 1.65. The molecule has 3 nitrogen and oxygen atoms in total. The van der Waals surface area contributed by atoms with Crippen molar-refractivity contribution in [3.63, 3.8) is 0 Å². The number of rotatable bonds is 0. The Morgan fingerprint density at radius 1 is 1.80 bits per heavy atom. The number of ether oxygens (including phenoxy) is 1. The summed E-state index contributed by atoms with van der Waals surface area (Å²) in [6.45, 7) is 0. The highest BCUT2D eigenvalue weighted by Gasteiger charge is 1.86. The van der Waals surface area contributed by atoms with Crippen LogP contribution in [0.2, 0.25) is 0 Å². The van der Waals surface area contributed by atoms with Crippen LogP contribution in [-0.2, 0) is 9.84 Å². The van der Waals surface area contributed by atoms with E-state index < -0.39 is 6.16 Å². The Kier molecular flexibility index (Phi) is 1.35. The van der Waals surface area contributed by atoms with Crippen LogP contribution >= 0.6 is 0 Å². The molecular weight excluding hydrogens is 72.0 g/mol. The fourth-order valence-corrected chi connectivity index (χ4v) is 0. The average molecular weight is 74.0 g/mol. The van der Waals surface area contributed by atoms with Crippen molar-refractivity contribution in [3.8, 4) is 0 Å². The summed E-state index contributed by atoms with van der Waals surface area (Å²) in [5.74, 6) is 0. The molecule has 3 heteroatoms. The maximum atomic E-state index is 8.97. The van der Waals surface area contributed by atoms with E-state index in [1.165, 1.54) is 0 Å². The number of hydrogen-bond acceptors (Lipinski definition) is 2. The Labute approximate surface area is 29.2 Å². The fraction of sp³-hybridized carbons (Fsp3) is 0. The minimum Gasteiger partial charge on any atom is -0.428 e. The topological polar surface area (TPSA) is 46.2 Å². The van der Waals surface area contributed by atoms with E-state index in [4.69, 9.17) is 9.90 Å². The lowest BCUT2D eigenvalue weighted by atomic mass is 11.4. The van der Waals surface area contributed by atoms with Gasteiger partial charge in [-0.2, -0.15) is 9.90 Å². The van der Waals surface area contributed by atoms with E-state index in [0.29, 0.717) is 0 Å². The lowest BCUT2D eigenvalue weighted by Gasteiger charge is -1.73. The summed E-state index contributed by atoms with van der Waals surface area (Å²) >= 11 is 0. The summed E-state index contributed by atoms with van der Waals surface area (Å²) in [5.41, 5.74) is 0.